The second-order valence-corrected chi connectivity index (χ2v) is 15.2. The molecule has 0 fully saturated rings. The molecule has 2 aromatic heterocycles. The molecule has 0 aliphatic carbocycles. The highest BCUT2D eigenvalue weighted by Crippen LogP contribution is 2.20. The number of rotatable bonds is 0. The van der Waals surface area contributed by atoms with Crippen LogP contribution in [0.25, 0.3) is 0 Å². The Hall–Kier alpha value is -2.22. The molecule has 9 heteroatoms. The van der Waals surface area contributed by atoms with Crippen LogP contribution >= 0.6 is 85.0 Å². The van der Waals surface area contributed by atoms with Crippen LogP contribution in [0.2, 0.25) is 19.4 Å². The van der Waals surface area contributed by atoms with Crippen molar-refractivity contribution in [1.29, 1.82) is 0 Å². The van der Waals surface area contributed by atoms with Crippen molar-refractivity contribution in [1.82, 2.24) is 0 Å². The summed E-state index contributed by atoms with van der Waals surface area (Å²) in [4.78, 5) is 2.54. The van der Waals surface area contributed by atoms with Crippen molar-refractivity contribution in [3.05, 3.63) is 182 Å². The number of thiophene rings is 2. The molecule has 4 aromatic carbocycles. The molecule has 6 rings (SSSR count). The summed E-state index contributed by atoms with van der Waals surface area (Å²) < 4.78 is 26.8. The van der Waals surface area contributed by atoms with E-state index < -0.39 is 0 Å². The Morgan fingerprint density at radius 3 is 1.40 bits per heavy atom. The summed E-state index contributed by atoms with van der Waals surface area (Å²) in [7, 11) is 0. The number of aryl methyl sites for hydroxylation is 6. The molecule has 0 nitrogen and oxygen atoms in total. The zero-order valence-corrected chi connectivity index (χ0v) is 33.2. The average Bonchev–Trinajstić information content (AvgIpc) is 3.57. The largest absolute Gasteiger partial charge is 0.207 e. The van der Waals surface area contributed by atoms with Crippen LogP contribution in [0.15, 0.2) is 119 Å². The molecular weight excluding hydrogens is 780 g/mol. The van der Waals surface area contributed by atoms with Gasteiger partial charge in [-0.3, -0.25) is 0 Å². The molecule has 0 spiro atoms. The molecule has 47 heavy (non-hydrogen) atoms. The SMILES string of the molecule is Cc1cc(Cl)cs1.Cc1ccc(Cl)s1.Cc1cccc(Br)c1.Cc1cccc(Cl)c1.Cc1cccc(Cl)c1F.Cc1cccc(F)c1. The number of halogens is 7. The maximum Gasteiger partial charge on any atom is 0.144 e. The van der Waals surface area contributed by atoms with Crippen molar-refractivity contribution >= 4 is 85.0 Å². The quantitative estimate of drug-likeness (QED) is 0.143. The molecule has 0 unspecified atom stereocenters. The first kappa shape index (κ1) is 42.8. The summed E-state index contributed by atoms with van der Waals surface area (Å²) in [6.07, 6.45) is 0. The van der Waals surface area contributed by atoms with Crippen molar-refractivity contribution in [2.75, 3.05) is 0 Å². The van der Waals surface area contributed by atoms with E-state index in [9.17, 15) is 8.78 Å². The van der Waals surface area contributed by atoms with Gasteiger partial charge in [-0.05, 0) is 119 Å². The van der Waals surface area contributed by atoms with Crippen LogP contribution in [-0.2, 0) is 0 Å². The van der Waals surface area contributed by atoms with Gasteiger partial charge in [-0.2, -0.15) is 0 Å². The number of benzene rings is 4. The van der Waals surface area contributed by atoms with Gasteiger partial charge in [0, 0.05) is 24.6 Å². The first-order valence-electron chi connectivity index (χ1n) is 14.2. The van der Waals surface area contributed by atoms with E-state index in [1.807, 2.05) is 93.7 Å². The van der Waals surface area contributed by atoms with Crippen molar-refractivity contribution in [3.8, 4) is 0 Å². The van der Waals surface area contributed by atoms with Crippen molar-refractivity contribution < 1.29 is 8.78 Å². The zero-order valence-electron chi connectivity index (χ0n) is 26.9. The minimum absolute atomic E-state index is 0.162. The fourth-order valence-electron chi connectivity index (χ4n) is 3.24. The Morgan fingerprint density at radius 2 is 1.13 bits per heavy atom. The minimum atomic E-state index is -0.320. The van der Waals surface area contributed by atoms with Crippen LogP contribution in [0.3, 0.4) is 0 Å². The lowest BCUT2D eigenvalue weighted by atomic mass is 10.2. The summed E-state index contributed by atoms with van der Waals surface area (Å²) in [6, 6.07) is 33.3. The third-order valence-electron chi connectivity index (χ3n) is 5.49. The predicted octanol–water partition coefficient (Wildman–Crippen LogP) is 15.7. The molecule has 0 N–H and O–H groups in total. The van der Waals surface area contributed by atoms with E-state index in [4.69, 9.17) is 46.4 Å². The summed E-state index contributed by atoms with van der Waals surface area (Å²) >= 11 is 28.9. The Bertz CT molecular complexity index is 1500. The fraction of sp³-hybridized carbons (Fsp3) is 0.158. The fourth-order valence-corrected chi connectivity index (χ4v) is 6.16. The van der Waals surface area contributed by atoms with Gasteiger partial charge < -0.3 is 0 Å². The van der Waals surface area contributed by atoms with Crippen LogP contribution in [0.5, 0.6) is 0 Å². The highest BCUT2D eigenvalue weighted by molar-refractivity contribution is 9.10. The van der Waals surface area contributed by atoms with Crippen molar-refractivity contribution in [3.63, 3.8) is 0 Å². The standard InChI is InChI=1S/C7H7Br.C7H6ClF.C7H7Cl.C7H7F.2C5H5ClS/c1-6-3-2-4-7(8)5-6;1-5-3-2-4-6(8)7(5)9;2*1-6-3-2-4-7(8)5-6;1-4-2-5(6)3-7-4;1-4-2-3-5(6)7-4/h2-5H,1H3;2-4H,1H3;2*2-5H,1H3;2*2-3H,1H3. The Kier molecular flexibility index (Phi) is 21.9. The molecule has 2 heterocycles. The van der Waals surface area contributed by atoms with Crippen LogP contribution in [0.1, 0.15) is 32.0 Å². The van der Waals surface area contributed by atoms with Crippen LogP contribution in [-0.4, -0.2) is 0 Å². The van der Waals surface area contributed by atoms with E-state index in [0.29, 0.717) is 5.56 Å². The lowest BCUT2D eigenvalue weighted by Crippen LogP contribution is -1.80. The lowest BCUT2D eigenvalue weighted by molar-refractivity contribution is 0.619. The van der Waals surface area contributed by atoms with Crippen molar-refractivity contribution in [2.45, 2.75) is 41.5 Å². The monoisotopic (exact) mass is 814 g/mol. The van der Waals surface area contributed by atoms with Crippen LogP contribution < -0.4 is 0 Å². The van der Waals surface area contributed by atoms with E-state index in [0.717, 1.165) is 24.4 Å². The lowest BCUT2D eigenvalue weighted by Gasteiger charge is -1.94. The van der Waals surface area contributed by atoms with Crippen molar-refractivity contribution in [2.24, 2.45) is 0 Å². The van der Waals surface area contributed by atoms with E-state index in [-0.39, 0.29) is 16.7 Å². The van der Waals surface area contributed by atoms with Crippen LogP contribution in [0, 0.1) is 53.2 Å². The molecule has 0 aliphatic rings. The molecule has 0 bridgehead atoms. The molecule has 6 aromatic rings. The molecule has 0 saturated heterocycles. The molecule has 0 amide bonds. The third kappa shape index (κ3) is 21.4. The van der Waals surface area contributed by atoms with Gasteiger partial charge in [-0.25, -0.2) is 8.78 Å². The Balaban J connectivity index is 0.000000283. The van der Waals surface area contributed by atoms with Gasteiger partial charge >= 0.3 is 0 Å². The van der Waals surface area contributed by atoms with E-state index in [1.54, 1.807) is 47.8 Å². The second kappa shape index (κ2) is 24.0. The molecule has 0 aliphatic heterocycles. The molecule has 0 radical (unpaired) electrons. The summed E-state index contributed by atoms with van der Waals surface area (Å²) in [5, 5.41) is 3.78. The Labute approximate surface area is 315 Å². The van der Waals surface area contributed by atoms with Gasteiger partial charge in [0.15, 0.2) is 0 Å². The molecular formula is C38H37BrCl4F2S2. The summed E-state index contributed by atoms with van der Waals surface area (Å²) in [5.41, 5.74) is 4.05. The summed E-state index contributed by atoms with van der Waals surface area (Å²) in [5.74, 6) is -0.482. The first-order chi connectivity index (χ1) is 22.2. The van der Waals surface area contributed by atoms with Gasteiger partial charge in [-0.15, -0.1) is 22.7 Å². The Morgan fingerprint density at radius 1 is 0.553 bits per heavy atom. The second-order valence-electron chi connectivity index (χ2n) is 9.99. The molecule has 250 valence electrons. The smallest absolute Gasteiger partial charge is 0.144 e. The summed E-state index contributed by atoms with van der Waals surface area (Å²) in [6.45, 7) is 11.7. The topological polar surface area (TPSA) is 0 Å². The van der Waals surface area contributed by atoms with Gasteiger partial charge in [0.25, 0.3) is 0 Å². The first-order valence-corrected chi connectivity index (χ1v) is 18.2. The third-order valence-corrected chi connectivity index (χ3v) is 8.87. The highest BCUT2D eigenvalue weighted by atomic mass is 79.9. The van der Waals surface area contributed by atoms with E-state index >= 15 is 0 Å². The predicted molar refractivity (Wildman–Crippen MR) is 210 cm³/mol. The normalized spacial score (nSPS) is 9.38. The van der Waals surface area contributed by atoms with E-state index in [1.165, 1.54) is 39.1 Å². The highest BCUT2D eigenvalue weighted by Gasteiger charge is 1.99. The van der Waals surface area contributed by atoms with Gasteiger partial charge in [0.1, 0.15) is 11.6 Å². The molecule has 0 saturated carbocycles. The molecule has 0 atom stereocenters. The zero-order chi connectivity index (χ0) is 35.4. The van der Waals surface area contributed by atoms with Gasteiger partial charge in [0.05, 0.1) is 14.4 Å². The average molecular weight is 818 g/mol. The maximum atomic E-state index is 12.6. The number of hydrogen-bond donors (Lipinski definition) is 0. The minimum Gasteiger partial charge on any atom is -0.207 e. The van der Waals surface area contributed by atoms with Crippen LogP contribution in [0.4, 0.5) is 8.78 Å². The van der Waals surface area contributed by atoms with Gasteiger partial charge in [-0.1, -0.05) is 116 Å². The van der Waals surface area contributed by atoms with Gasteiger partial charge in [0.2, 0.25) is 0 Å². The maximum absolute atomic E-state index is 12.6. The number of hydrogen-bond acceptors (Lipinski definition) is 2. The van der Waals surface area contributed by atoms with E-state index in [2.05, 4.69) is 35.0 Å².